The zero-order valence-electron chi connectivity index (χ0n) is 35.7. The van der Waals surface area contributed by atoms with Crippen LogP contribution in [0.3, 0.4) is 0 Å². The number of aromatic nitrogens is 2. The first kappa shape index (κ1) is 46.7. The second kappa shape index (κ2) is 21.2. The molecule has 0 aliphatic carbocycles. The van der Waals surface area contributed by atoms with Crippen LogP contribution in [0.2, 0.25) is 18.1 Å². The molecule has 1 N–H and O–H groups in total. The topological polar surface area (TPSA) is 63.1 Å². The van der Waals surface area contributed by atoms with E-state index in [1.165, 1.54) is 49.9 Å². The standard InChI is InChI=1S/C35H43N2SSi.C13H24O2.Ir/c1-22(2)18-39(19-23(3)4,20-24(5)6)28-13-14-30-32(17-28)38-35-33(36-21-37-34(30)35)27-15-26-11-9-10-12-29(26)31(16-27)25(7)8;1-5-10(6-2)12(14)9-13(15)11(7-3)8-4;/h9-14,16-17,21-25H,18-20H2,1-8H3;9-11,14H,5-8H2,1-4H3;/q-1;;/b;12-9-;. The fourth-order valence-corrected chi connectivity index (χ4v) is 16.8. The van der Waals surface area contributed by atoms with Gasteiger partial charge in [0.1, 0.15) is 6.33 Å². The van der Waals surface area contributed by atoms with E-state index in [4.69, 9.17) is 9.97 Å². The maximum Gasteiger partial charge on any atom is 0.162 e. The van der Waals surface area contributed by atoms with Crippen LogP contribution in [0.4, 0.5) is 0 Å². The minimum absolute atomic E-state index is 0. The Morgan fingerprint density at radius 2 is 1.36 bits per heavy atom. The molecule has 5 aromatic rings. The van der Waals surface area contributed by atoms with Gasteiger partial charge in [-0.15, -0.1) is 40.5 Å². The quantitative estimate of drug-likeness (QED) is 0.0463. The van der Waals surface area contributed by atoms with Crippen molar-refractivity contribution in [2.75, 3.05) is 0 Å². The molecule has 0 atom stereocenters. The zero-order valence-corrected chi connectivity index (χ0v) is 39.9. The second-order valence-corrected chi connectivity index (χ2v) is 22.5. The summed E-state index contributed by atoms with van der Waals surface area (Å²) >= 11 is 1.87. The van der Waals surface area contributed by atoms with Gasteiger partial charge >= 0.3 is 0 Å². The third-order valence-corrected chi connectivity index (χ3v) is 18.5. The first-order chi connectivity index (χ1) is 25.7. The zero-order chi connectivity index (χ0) is 39.7. The smallest absolute Gasteiger partial charge is 0.162 e. The summed E-state index contributed by atoms with van der Waals surface area (Å²) in [7, 11) is -1.69. The fraction of sp³-hybridized carbons (Fsp3) is 0.521. The van der Waals surface area contributed by atoms with E-state index in [0.29, 0.717) is 23.7 Å². The van der Waals surface area contributed by atoms with Crippen LogP contribution in [0, 0.1) is 35.7 Å². The van der Waals surface area contributed by atoms with Crippen LogP contribution in [-0.2, 0) is 24.9 Å². The molecule has 0 spiro atoms. The molecule has 2 heterocycles. The number of rotatable bonds is 16. The van der Waals surface area contributed by atoms with Crippen LogP contribution in [0.5, 0.6) is 0 Å². The summed E-state index contributed by atoms with van der Waals surface area (Å²) in [5, 5.41) is 15.1. The Labute approximate surface area is 351 Å². The number of thiophene rings is 1. The Kier molecular flexibility index (Phi) is 18.0. The van der Waals surface area contributed by atoms with Crippen molar-refractivity contribution in [1.29, 1.82) is 0 Å². The van der Waals surface area contributed by atoms with Crippen molar-refractivity contribution in [3.05, 3.63) is 78.3 Å². The number of aliphatic hydroxyl groups is 1. The number of ketones is 1. The monoisotopic (exact) mass is 956 g/mol. The van der Waals surface area contributed by atoms with Gasteiger partial charge in [-0.2, -0.15) is 0 Å². The van der Waals surface area contributed by atoms with E-state index < -0.39 is 8.07 Å². The van der Waals surface area contributed by atoms with Gasteiger partial charge in [-0.05, 0) is 55.4 Å². The number of aliphatic hydroxyl groups excluding tert-OH is 1. The number of carbonyl (C=O) groups is 1. The molecule has 0 aliphatic rings. The average molecular weight is 956 g/mol. The van der Waals surface area contributed by atoms with Crippen molar-refractivity contribution in [3.63, 3.8) is 0 Å². The fourth-order valence-electron chi connectivity index (χ4n) is 8.69. The molecule has 4 nitrogen and oxygen atoms in total. The molecule has 7 heteroatoms. The van der Waals surface area contributed by atoms with Crippen LogP contribution < -0.4 is 5.19 Å². The predicted octanol–water partition coefficient (Wildman–Crippen LogP) is 14.1. The Balaban J connectivity index is 0.000000433. The summed E-state index contributed by atoms with van der Waals surface area (Å²) in [6.07, 6.45) is 6.65. The second-order valence-electron chi connectivity index (χ2n) is 17.1. The molecule has 3 aromatic carbocycles. The van der Waals surface area contributed by atoms with Crippen molar-refractivity contribution < 1.29 is 30.0 Å². The van der Waals surface area contributed by atoms with E-state index in [-0.39, 0.29) is 43.5 Å². The Morgan fingerprint density at radius 3 is 1.91 bits per heavy atom. The van der Waals surface area contributed by atoms with E-state index in [2.05, 4.69) is 110 Å². The number of hydrogen-bond acceptors (Lipinski definition) is 5. The molecule has 5 rings (SSSR count). The van der Waals surface area contributed by atoms with Crippen LogP contribution in [0.15, 0.2) is 66.7 Å². The summed E-state index contributed by atoms with van der Waals surface area (Å²) in [6, 6.07) is 26.1. The van der Waals surface area contributed by atoms with E-state index in [9.17, 15) is 9.90 Å². The molecule has 301 valence electrons. The maximum absolute atomic E-state index is 11.7. The first-order valence-corrected chi connectivity index (χ1v) is 24.2. The Bertz CT molecular complexity index is 2000. The number of fused-ring (bicyclic) bond motifs is 4. The normalized spacial score (nSPS) is 12.5. The van der Waals surface area contributed by atoms with Crippen LogP contribution in [-0.4, -0.2) is 28.9 Å². The van der Waals surface area contributed by atoms with Gasteiger partial charge in [0.05, 0.1) is 19.3 Å². The molecule has 0 bridgehead atoms. The Morgan fingerprint density at radius 1 is 0.782 bits per heavy atom. The minimum Gasteiger partial charge on any atom is -0.512 e. The number of benzene rings is 3. The largest absolute Gasteiger partial charge is 0.512 e. The van der Waals surface area contributed by atoms with Crippen molar-refractivity contribution >= 4 is 61.5 Å². The number of hydrogen-bond donors (Lipinski definition) is 1. The van der Waals surface area contributed by atoms with Crippen molar-refractivity contribution in [3.8, 4) is 11.3 Å². The molecule has 0 aliphatic heterocycles. The van der Waals surface area contributed by atoms with Gasteiger partial charge in [0, 0.05) is 58.5 Å². The molecule has 0 amide bonds. The SMILES string of the molecule is CC(C)C[Si](CC(C)C)(CC(C)C)c1ccc2c(c1)sc1c(-c3[c-]c4ccccc4c(C(C)C)c3)ncnc12.CCC(CC)C(=O)/C=C(\O)C(CC)CC.[Ir]. The van der Waals surface area contributed by atoms with Gasteiger partial charge in [-0.25, -0.2) is 4.98 Å². The summed E-state index contributed by atoms with van der Waals surface area (Å²) in [5.41, 5.74) is 4.49. The summed E-state index contributed by atoms with van der Waals surface area (Å²) < 4.78 is 2.52. The number of allylic oxidation sites excluding steroid dienone is 2. The van der Waals surface area contributed by atoms with Crippen LogP contribution in [0.25, 0.3) is 42.3 Å². The molecule has 2 aromatic heterocycles. The molecular formula is C48H67IrN2O2SSi-. The van der Waals surface area contributed by atoms with Gasteiger partial charge in [0.25, 0.3) is 0 Å². The number of carbonyl (C=O) groups excluding carboxylic acids is 1. The van der Waals surface area contributed by atoms with Gasteiger partial charge in [0.2, 0.25) is 0 Å². The molecule has 55 heavy (non-hydrogen) atoms. The third-order valence-electron chi connectivity index (χ3n) is 11.0. The number of nitrogens with zero attached hydrogens (tertiary/aromatic N) is 2. The van der Waals surface area contributed by atoms with E-state index in [1.54, 1.807) is 11.5 Å². The van der Waals surface area contributed by atoms with Crippen molar-refractivity contribution in [1.82, 2.24) is 9.97 Å². The van der Waals surface area contributed by atoms with Gasteiger partial charge in [-0.3, -0.25) is 9.78 Å². The first-order valence-electron chi connectivity index (χ1n) is 20.8. The molecular weight excluding hydrogens is 889 g/mol. The van der Waals surface area contributed by atoms with E-state index in [0.717, 1.165) is 47.8 Å². The molecule has 1 radical (unpaired) electrons. The van der Waals surface area contributed by atoms with Gasteiger partial charge < -0.3 is 5.11 Å². The van der Waals surface area contributed by atoms with Crippen molar-refractivity contribution in [2.24, 2.45) is 29.6 Å². The predicted molar refractivity (Wildman–Crippen MR) is 239 cm³/mol. The van der Waals surface area contributed by atoms with E-state index >= 15 is 0 Å². The average Bonchev–Trinajstić information content (AvgIpc) is 3.50. The molecule has 0 unspecified atom stereocenters. The summed E-state index contributed by atoms with van der Waals surface area (Å²) in [4.78, 5) is 21.4. The molecule has 0 fully saturated rings. The third kappa shape index (κ3) is 11.5. The van der Waals surface area contributed by atoms with Crippen LogP contribution >= 0.6 is 11.3 Å². The van der Waals surface area contributed by atoms with E-state index in [1.807, 2.05) is 39.0 Å². The molecule has 0 saturated heterocycles. The van der Waals surface area contributed by atoms with Crippen molar-refractivity contribution in [2.45, 2.75) is 133 Å². The van der Waals surface area contributed by atoms with Crippen LogP contribution in [0.1, 0.15) is 120 Å². The summed E-state index contributed by atoms with van der Waals surface area (Å²) in [5.74, 6) is 3.10. The summed E-state index contributed by atoms with van der Waals surface area (Å²) in [6.45, 7) is 27.1. The van der Waals surface area contributed by atoms with Gasteiger partial charge in [0.15, 0.2) is 5.78 Å². The molecule has 0 saturated carbocycles. The maximum atomic E-state index is 11.7. The Hall–Kier alpha value is -2.70. The minimum atomic E-state index is -1.69. The van der Waals surface area contributed by atoms with Gasteiger partial charge in [-0.1, -0.05) is 148 Å².